The van der Waals surface area contributed by atoms with Gasteiger partial charge in [-0.15, -0.1) is 0 Å². The van der Waals surface area contributed by atoms with Crippen molar-refractivity contribution in [3.05, 3.63) is 52.9 Å². The molecule has 0 unspecified atom stereocenters. The third-order valence-electron chi connectivity index (χ3n) is 2.17. The van der Waals surface area contributed by atoms with Crippen molar-refractivity contribution in [2.24, 2.45) is 0 Å². The first-order valence-corrected chi connectivity index (χ1v) is 6.15. The van der Waals surface area contributed by atoms with E-state index in [0.29, 0.717) is 10.7 Å². The van der Waals surface area contributed by atoms with E-state index in [-0.39, 0.29) is 11.7 Å². The molecule has 0 saturated heterocycles. The summed E-state index contributed by atoms with van der Waals surface area (Å²) in [4.78, 5) is 11.6. The number of hydrogen-bond donors (Lipinski definition) is 1. The summed E-state index contributed by atoms with van der Waals surface area (Å²) < 4.78 is 4.98. The van der Waals surface area contributed by atoms with E-state index in [0.717, 1.165) is 5.56 Å². The summed E-state index contributed by atoms with van der Waals surface area (Å²) in [7, 11) is 0. The van der Waals surface area contributed by atoms with Gasteiger partial charge in [0.15, 0.2) is 5.76 Å². The molecule has 0 saturated carbocycles. The molecular formula is C14H16ClNO2. The van der Waals surface area contributed by atoms with Crippen LogP contribution in [0.4, 0.5) is 5.69 Å². The smallest absolute Gasteiger partial charge is 0.291 e. The highest BCUT2D eigenvalue weighted by Gasteiger charge is 2.08. The van der Waals surface area contributed by atoms with Gasteiger partial charge in [0.2, 0.25) is 0 Å². The average molecular weight is 266 g/mol. The first-order chi connectivity index (χ1) is 8.66. The number of hydrogen-bond acceptors (Lipinski definition) is 2. The van der Waals surface area contributed by atoms with Gasteiger partial charge in [0.1, 0.15) is 0 Å². The molecule has 0 atom stereocenters. The van der Waals surface area contributed by atoms with E-state index in [1.807, 2.05) is 26.8 Å². The molecule has 0 spiro atoms. The predicted molar refractivity (Wildman–Crippen MR) is 74.2 cm³/mol. The fourth-order valence-corrected chi connectivity index (χ4v) is 1.45. The maximum atomic E-state index is 11.6. The zero-order chi connectivity index (χ0) is 13.5. The van der Waals surface area contributed by atoms with Crippen LogP contribution in [0.1, 0.15) is 30.0 Å². The van der Waals surface area contributed by atoms with E-state index in [9.17, 15) is 4.79 Å². The van der Waals surface area contributed by atoms with Gasteiger partial charge in [0.05, 0.1) is 6.26 Å². The molecule has 1 aromatic heterocycles. The molecule has 2 rings (SSSR count). The Morgan fingerprint density at radius 2 is 2.00 bits per heavy atom. The van der Waals surface area contributed by atoms with Gasteiger partial charge >= 0.3 is 0 Å². The molecule has 3 nitrogen and oxygen atoms in total. The number of anilines is 1. The quantitative estimate of drug-likeness (QED) is 0.867. The van der Waals surface area contributed by atoms with Gasteiger partial charge < -0.3 is 9.73 Å². The Morgan fingerprint density at radius 1 is 1.28 bits per heavy atom. The third-order valence-corrected chi connectivity index (χ3v) is 2.58. The van der Waals surface area contributed by atoms with Crippen LogP contribution in [0.15, 0.2) is 41.0 Å². The lowest BCUT2D eigenvalue weighted by atomic mass is 10.2. The van der Waals surface area contributed by atoms with Crippen LogP contribution < -0.4 is 5.32 Å². The van der Waals surface area contributed by atoms with Crippen molar-refractivity contribution in [3.8, 4) is 0 Å². The third kappa shape index (κ3) is 3.64. The molecule has 2 aromatic rings. The van der Waals surface area contributed by atoms with Crippen LogP contribution in [-0.2, 0) is 0 Å². The molecule has 0 fully saturated rings. The van der Waals surface area contributed by atoms with Gasteiger partial charge in [-0.3, -0.25) is 4.79 Å². The standard InChI is InChI=1S/C12H10ClNO2.C2H6/c1-8-4-5-9(7-10(8)13)14-12(15)11-3-2-6-16-11;1-2/h2-7H,1H3,(H,14,15);1-2H3. The Bertz CT molecular complexity index is 507. The van der Waals surface area contributed by atoms with Crippen LogP contribution in [0.3, 0.4) is 0 Å². The largest absolute Gasteiger partial charge is 0.459 e. The fourth-order valence-electron chi connectivity index (χ4n) is 1.27. The summed E-state index contributed by atoms with van der Waals surface area (Å²) in [6, 6.07) is 8.61. The number of carbonyl (C=O) groups is 1. The Kier molecular flexibility index (Phi) is 5.46. The number of rotatable bonds is 2. The molecule has 1 amide bonds. The number of furan rings is 1. The second kappa shape index (κ2) is 6.87. The van der Waals surface area contributed by atoms with Gasteiger partial charge in [-0.25, -0.2) is 0 Å². The molecule has 0 aliphatic carbocycles. The highest BCUT2D eigenvalue weighted by molar-refractivity contribution is 6.31. The Labute approximate surface area is 112 Å². The van der Waals surface area contributed by atoms with Crippen molar-refractivity contribution in [2.75, 3.05) is 5.32 Å². The van der Waals surface area contributed by atoms with E-state index in [2.05, 4.69) is 5.32 Å². The van der Waals surface area contributed by atoms with Crippen LogP contribution in [0.2, 0.25) is 5.02 Å². The van der Waals surface area contributed by atoms with Gasteiger partial charge in [-0.2, -0.15) is 0 Å². The number of aryl methyl sites for hydroxylation is 1. The number of benzene rings is 1. The molecule has 18 heavy (non-hydrogen) atoms. The SMILES string of the molecule is CC.Cc1ccc(NC(=O)c2ccco2)cc1Cl. The van der Waals surface area contributed by atoms with Gasteiger partial charge in [0.25, 0.3) is 5.91 Å². The lowest BCUT2D eigenvalue weighted by Gasteiger charge is -2.04. The van der Waals surface area contributed by atoms with Crippen LogP contribution in [0, 0.1) is 6.92 Å². The molecule has 0 radical (unpaired) electrons. The fraction of sp³-hybridized carbons (Fsp3) is 0.214. The minimum Gasteiger partial charge on any atom is -0.459 e. The Hall–Kier alpha value is -1.74. The molecule has 0 aliphatic heterocycles. The lowest BCUT2D eigenvalue weighted by Crippen LogP contribution is -2.10. The van der Waals surface area contributed by atoms with Gasteiger partial charge in [0, 0.05) is 10.7 Å². The van der Waals surface area contributed by atoms with Gasteiger partial charge in [-0.05, 0) is 36.8 Å². The summed E-state index contributed by atoms with van der Waals surface area (Å²) in [5, 5.41) is 3.32. The molecule has 1 heterocycles. The maximum Gasteiger partial charge on any atom is 0.291 e. The molecule has 96 valence electrons. The van der Waals surface area contributed by atoms with E-state index < -0.39 is 0 Å². The molecular weight excluding hydrogens is 250 g/mol. The molecule has 4 heteroatoms. The minimum atomic E-state index is -0.287. The van der Waals surface area contributed by atoms with Crippen molar-refractivity contribution in [3.63, 3.8) is 0 Å². The van der Waals surface area contributed by atoms with Crippen LogP contribution in [-0.4, -0.2) is 5.91 Å². The monoisotopic (exact) mass is 265 g/mol. The number of carbonyl (C=O) groups excluding carboxylic acids is 1. The summed E-state index contributed by atoms with van der Waals surface area (Å²) >= 11 is 5.95. The lowest BCUT2D eigenvalue weighted by molar-refractivity contribution is 0.0996. The maximum absolute atomic E-state index is 11.6. The van der Waals surface area contributed by atoms with Crippen LogP contribution in [0.5, 0.6) is 0 Å². The number of nitrogens with one attached hydrogen (secondary N) is 1. The first-order valence-electron chi connectivity index (χ1n) is 5.78. The van der Waals surface area contributed by atoms with Crippen LogP contribution in [0.25, 0.3) is 0 Å². The normalized spacial score (nSPS) is 9.33. The van der Waals surface area contributed by atoms with Crippen molar-refractivity contribution >= 4 is 23.2 Å². The highest BCUT2D eigenvalue weighted by Crippen LogP contribution is 2.20. The Morgan fingerprint density at radius 3 is 2.56 bits per heavy atom. The van der Waals surface area contributed by atoms with E-state index in [4.69, 9.17) is 16.0 Å². The summed E-state index contributed by atoms with van der Waals surface area (Å²) in [6.45, 7) is 5.90. The van der Waals surface area contributed by atoms with Gasteiger partial charge in [-0.1, -0.05) is 31.5 Å². The average Bonchev–Trinajstić information content (AvgIpc) is 2.90. The predicted octanol–water partition coefficient (Wildman–Crippen LogP) is 4.52. The van der Waals surface area contributed by atoms with Crippen molar-refractivity contribution in [1.29, 1.82) is 0 Å². The van der Waals surface area contributed by atoms with E-state index in [1.165, 1.54) is 6.26 Å². The van der Waals surface area contributed by atoms with Crippen molar-refractivity contribution in [2.45, 2.75) is 20.8 Å². The second-order valence-corrected chi connectivity index (χ2v) is 3.80. The topological polar surface area (TPSA) is 42.2 Å². The minimum absolute atomic E-state index is 0.275. The second-order valence-electron chi connectivity index (χ2n) is 3.40. The summed E-state index contributed by atoms with van der Waals surface area (Å²) in [5.41, 5.74) is 1.62. The van der Waals surface area contributed by atoms with Crippen molar-refractivity contribution < 1.29 is 9.21 Å². The highest BCUT2D eigenvalue weighted by atomic mass is 35.5. The molecule has 1 N–H and O–H groups in total. The zero-order valence-electron chi connectivity index (χ0n) is 10.7. The molecule has 0 bridgehead atoms. The van der Waals surface area contributed by atoms with Crippen molar-refractivity contribution in [1.82, 2.24) is 0 Å². The van der Waals surface area contributed by atoms with E-state index >= 15 is 0 Å². The van der Waals surface area contributed by atoms with E-state index in [1.54, 1.807) is 24.3 Å². The molecule has 0 aliphatic rings. The zero-order valence-corrected chi connectivity index (χ0v) is 11.4. The molecule has 1 aromatic carbocycles. The summed E-state index contributed by atoms with van der Waals surface area (Å²) in [6.07, 6.45) is 1.46. The number of halogens is 1. The first kappa shape index (κ1) is 14.3. The van der Waals surface area contributed by atoms with Crippen LogP contribution >= 0.6 is 11.6 Å². The Balaban J connectivity index is 0.000000771. The summed E-state index contributed by atoms with van der Waals surface area (Å²) in [5.74, 6) is -0.0124. The number of amides is 1.